The van der Waals surface area contributed by atoms with Crippen LogP contribution in [0.1, 0.15) is 11.1 Å². The number of benzene rings is 1. The molecule has 2 heterocycles. The van der Waals surface area contributed by atoms with E-state index in [1.807, 2.05) is 0 Å². The zero-order valence-corrected chi connectivity index (χ0v) is 9.16. The van der Waals surface area contributed by atoms with E-state index in [1.165, 1.54) is 6.20 Å². The second kappa shape index (κ2) is 3.73. The fourth-order valence-corrected chi connectivity index (χ4v) is 2.10. The van der Waals surface area contributed by atoms with Crippen LogP contribution in [-0.4, -0.2) is 4.98 Å². The van der Waals surface area contributed by atoms with Crippen LogP contribution in [0.5, 0.6) is 5.75 Å². The SMILES string of the molecule is FC(F)(F)c1cncc2c1-c1ccccc1OC2. The van der Waals surface area contributed by atoms with E-state index >= 15 is 0 Å². The first-order chi connectivity index (χ1) is 8.57. The summed E-state index contributed by atoms with van der Waals surface area (Å²) in [5.74, 6) is 0.474. The van der Waals surface area contributed by atoms with E-state index in [-0.39, 0.29) is 12.2 Å². The highest BCUT2D eigenvalue weighted by Crippen LogP contribution is 2.44. The van der Waals surface area contributed by atoms with Crippen LogP contribution in [0.15, 0.2) is 36.7 Å². The number of rotatable bonds is 0. The average Bonchev–Trinajstić information content (AvgIpc) is 2.36. The van der Waals surface area contributed by atoms with Gasteiger partial charge in [0.2, 0.25) is 0 Å². The summed E-state index contributed by atoms with van der Waals surface area (Å²) in [6.45, 7) is 0.114. The number of alkyl halides is 3. The zero-order chi connectivity index (χ0) is 12.8. The molecule has 0 fully saturated rings. The number of halogens is 3. The summed E-state index contributed by atoms with van der Waals surface area (Å²) in [7, 11) is 0. The van der Waals surface area contributed by atoms with Gasteiger partial charge < -0.3 is 4.74 Å². The van der Waals surface area contributed by atoms with Gasteiger partial charge in [0, 0.05) is 29.1 Å². The Morgan fingerprint density at radius 1 is 1.11 bits per heavy atom. The van der Waals surface area contributed by atoms with E-state index < -0.39 is 11.7 Å². The van der Waals surface area contributed by atoms with Crippen LogP contribution in [0.3, 0.4) is 0 Å². The monoisotopic (exact) mass is 251 g/mol. The Labute approximate surface area is 101 Å². The largest absolute Gasteiger partial charge is 0.488 e. The second-order valence-corrected chi connectivity index (χ2v) is 4.00. The number of fused-ring (bicyclic) bond motifs is 3. The molecule has 0 radical (unpaired) electrons. The Morgan fingerprint density at radius 2 is 1.89 bits per heavy atom. The maximum atomic E-state index is 13.0. The number of hydrogen-bond donors (Lipinski definition) is 0. The number of hydrogen-bond acceptors (Lipinski definition) is 2. The van der Waals surface area contributed by atoms with Crippen molar-refractivity contribution in [3.8, 4) is 16.9 Å². The molecule has 0 saturated carbocycles. The van der Waals surface area contributed by atoms with Crippen molar-refractivity contribution in [2.45, 2.75) is 12.8 Å². The van der Waals surface area contributed by atoms with Crippen molar-refractivity contribution in [2.75, 3.05) is 0 Å². The van der Waals surface area contributed by atoms with Gasteiger partial charge in [-0.2, -0.15) is 13.2 Å². The van der Waals surface area contributed by atoms with Gasteiger partial charge in [-0.15, -0.1) is 0 Å². The van der Waals surface area contributed by atoms with Crippen LogP contribution >= 0.6 is 0 Å². The van der Waals surface area contributed by atoms with Crippen molar-refractivity contribution in [3.05, 3.63) is 47.8 Å². The highest BCUT2D eigenvalue weighted by atomic mass is 19.4. The van der Waals surface area contributed by atoms with Crippen molar-refractivity contribution < 1.29 is 17.9 Å². The quantitative estimate of drug-likeness (QED) is 0.712. The molecule has 2 nitrogen and oxygen atoms in total. The van der Waals surface area contributed by atoms with Crippen LogP contribution < -0.4 is 4.74 Å². The van der Waals surface area contributed by atoms with Gasteiger partial charge in [0.1, 0.15) is 12.4 Å². The lowest BCUT2D eigenvalue weighted by molar-refractivity contribution is -0.137. The normalized spacial score (nSPS) is 13.5. The van der Waals surface area contributed by atoms with E-state index in [2.05, 4.69) is 4.98 Å². The van der Waals surface area contributed by atoms with Gasteiger partial charge in [-0.1, -0.05) is 18.2 Å². The third kappa shape index (κ3) is 1.63. The number of aromatic nitrogens is 1. The maximum Gasteiger partial charge on any atom is 0.418 e. The summed E-state index contributed by atoms with van der Waals surface area (Å²) in [6, 6.07) is 6.72. The standard InChI is InChI=1S/C13H8F3NO/c14-13(15,16)10-6-17-5-8-7-18-11-4-2-1-3-9(11)12(8)10/h1-6H,7H2. The lowest BCUT2D eigenvalue weighted by atomic mass is 9.94. The molecule has 5 heteroatoms. The number of nitrogens with zero attached hydrogens (tertiary/aromatic N) is 1. The molecule has 0 bridgehead atoms. The molecule has 92 valence electrons. The number of ether oxygens (including phenoxy) is 1. The summed E-state index contributed by atoms with van der Waals surface area (Å²) in [5.41, 5.74) is 0.395. The third-order valence-corrected chi connectivity index (χ3v) is 2.87. The Balaban J connectivity index is 2.31. The molecule has 3 rings (SSSR count). The van der Waals surface area contributed by atoms with Crippen molar-refractivity contribution in [3.63, 3.8) is 0 Å². The van der Waals surface area contributed by atoms with Gasteiger partial charge >= 0.3 is 6.18 Å². The molecule has 0 N–H and O–H groups in total. The fourth-order valence-electron chi connectivity index (χ4n) is 2.10. The van der Waals surface area contributed by atoms with E-state index in [0.717, 1.165) is 6.20 Å². The Morgan fingerprint density at radius 3 is 2.67 bits per heavy atom. The zero-order valence-electron chi connectivity index (χ0n) is 9.16. The molecule has 0 aliphatic carbocycles. The highest BCUT2D eigenvalue weighted by Gasteiger charge is 2.36. The predicted octanol–water partition coefficient (Wildman–Crippen LogP) is 3.66. The van der Waals surface area contributed by atoms with Gasteiger partial charge in [-0.05, 0) is 6.07 Å². The van der Waals surface area contributed by atoms with Crippen molar-refractivity contribution in [2.24, 2.45) is 0 Å². The Hall–Kier alpha value is -2.04. The molecule has 18 heavy (non-hydrogen) atoms. The number of para-hydroxylation sites is 1. The summed E-state index contributed by atoms with van der Waals surface area (Å²) in [5, 5.41) is 0. The summed E-state index contributed by atoms with van der Waals surface area (Å²) in [4.78, 5) is 3.64. The van der Waals surface area contributed by atoms with Crippen molar-refractivity contribution >= 4 is 0 Å². The van der Waals surface area contributed by atoms with Crippen LogP contribution in [-0.2, 0) is 12.8 Å². The van der Waals surface area contributed by atoms with Crippen molar-refractivity contribution in [1.82, 2.24) is 4.98 Å². The molecular weight excluding hydrogens is 243 g/mol. The minimum atomic E-state index is -4.41. The third-order valence-electron chi connectivity index (χ3n) is 2.87. The number of pyridine rings is 1. The first kappa shape index (κ1) is 11.1. The molecule has 1 aliphatic heterocycles. The molecular formula is C13H8F3NO. The molecule has 1 aromatic carbocycles. The molecule has 1 aromatic heterocycles. The minimum Gasteiger partial charge on any atom is -0.488 e. The van der Waals surface area contributed by atoms with E-state index in [4.69, 9.17) is 4.74 Å². The molecule has 0 atom stereocenters. The van der Waals surface area contributed by atoms with Crippen LogP contribution in [0.4, 0.5) is 13.2 Å². The second-order valence-electron chi connectivity index (χ2n) is 4.00. The van der Waals surface area contributed by atoms with Gasteiger partial charge in [0.25, 0.3) is 0 Å². The summed E-state index contributed by atoms with van der Waals surface area (Å²) >= 11 is 0. The van der Waals surface area contributed by atoms with E-state index in [1.54, 1.807) is 24.3 Å². The van der Waals surface area contributed by atoms with Crippen LogP contribution in [0.2, 0.25) is 0 Å². The topological polar surface area (TPSA) is 22.1 Å². The lowest BCUT2D eigenvalue weighted by Crippen LogP contribution is -2.14. The van der Waals surface area contributed by atoms with Crippen LogP contribution in [0.25, 0.3) is 11.1 Å². The lowest BCUT2D eigenvalue weighted by Gasteiger charge is -2.23. The molecule has 0 amide bonds. The smallest absolute Gasteiger partial charge is 0.418 e. The summed E-state index contributed by atoms with van der Waals surface area (Å²) < 4.78 is 44.4. The summed E-state index contributed by atoms with van der Waals surface area (Å²) in [6.07, 6.45) is -2.13. The van der Waals surface area contributed by atoms with Crippen LogP contribution in [0, 0.1) is 0 Å². The Bertz CT molecular complexity index is 607. The van der Waals surface area contributed by atoms with Gasteiger partial charge in [-0.3, -0.25) is 4.98 Å². The van der Waals surface area contributed by atoms with E-state index in [0.29, 0.717) is 16.9 Å². The first-order valence-electron chi connectivity index (χ1n) is 5.33. The molecule has 2 aromatic rings. The van der Waals surface area contributed by atoms with Gasteiger partial charge in [0.05, 0.1) is 5.56 Å². The van der Waals surface area contributed by atoms with Gasteiger partial charge in [-0.25, -0.2) is 0 Å². The molecule has 1 aliphatic rings. The maximum absolute atomic E-state index is 13.0. The highest BCUT2D eigenvalue weighted by molar-refractivity contribution is 5.77. The van der Waals surface area contributed by atoms with Gasteiger partial charge in [0.15, 0.2) is 0 Å². The Kier molecular flexibility index (Phi) is 2.29. The van der Waals surface area contributed by atoms with E-state index in [9.17, 15) is 13.2 Å². The molecule has 0 saturated heterocycles. The first-order valence-corrected chi connectivity index (χ1v) is 5.33. The predicted molar refractivity (Wildman–Crippen MR) is 59.0 cm³/mol. The molecule has 0 spiro atoms. The van der Waals surface area contributed by atoms with Crippen molar-refractivity contribution in [1.29, 1.82) is 0 Å². The fraction of sp³-hybridized carbons (Fsp3) is 0.154. The minimum absolute atomic E-state index is 0.114. The molecule has 0 unspecified atom stereocenters. The average molecular weight is 251 g/mol.